The lowest BCUT2D eigenvalue weighted by Crippen LogP contribution is -2.48. The van der Waals surface area contributed by atoms with Gasteiger partial charge in [-0.3, -0.25) is 4.79 Å². The van der Waals surface area contributed by atoms with Gasteiger partial charge in [0.25, 0.3) is 0 Å². The number of carbonyl (C=O) groups excluding carboxylic acids is 1. The van der Waals surface area contributed by atoms with Gasteiger partial charge in [-0.25, -0.2) is 4.79 Å². The Morgan fingerprint density at radius 2 is 1.68 bits per heavy atom. The number of carbonyl (C=O) groups is 2. The maximum atomic E-state index is 12.3. The standard InChI is InChI=1S/C13H27N3O3/c1-6-15(10-12(17)18)13(19)16(9-11(2)3)8-7-14(4)5/h11H,6-10H2,1-5H3,(H,17,18). The van der Waals surface area contributed by atoms with Crippen LogP contribution < -0.4 is 0 Å². The summed E-state index contributed by atoms with van der Waals surface area (Å²) in [5.41, 5.74) is 0. The normalized spacial score (nSPS) is 10.9. The second-order valence-corrected chi connectivity index (χ2v) is 5.33. The summed E-state index contributed by atoms with van der Waals surface area (Å²) in [5.74, 6) is -0.623. The maximum Gasteiger partial charge on any atom is 0.323 e. The van der Waals surface area contributed by atoms with Crippen molar-refractivity contribution < 1.29 is 14.7 Å². The molecule has 1 N–H and O–H groups in total. The lowest BCUT2D eigenvalue weighted by molar-refractivity contribution is -0.137. The molecular weight excluding hydrogens is 246 g/mol. The SMILES string of the molecule is CCN(CC(=O)O)C(=O)N(CCN(C)C)CC(C)C. The van der Waals surface area contributed by atoms with Gasteiger partial charge in [-0.05, 0) is 26.9 Å². The van der Waals surface area contributed by atoms with Gasteiger partial charge >= 0.3 is 12.0 Å². The Balaban J connectivity index is 4.69. The quantitative estimate of drug-likeness (QED) is 0.717. The van der Waals surface area contributed by atoms with Crippen molar-refractivity contribution in [3.63, 3.8) is 0 Å². The Hall–Kier alpha value is -1.30. The van der Waals surface area contributed by atoms with Crippen molar-refractivity contribution in [1.29, 1.82) is 0 Å². The third-order valence-corrected chi connectivity index (χ3v) is 2.65. The van der Waals surface area contributed by atoms with Gasteiger partial charge in [0.1, 0.15) is 6.54 Å². The van der Waals surface area contributed by atoms with E-state index >= 15 is 0 Å². The Kier molecular flexibility index (Phi) is 8.14. The molecule has 112 valence electrons. The van der Waals surface area contributed by atoms with E-state index in [4.69, 9.17) is 5.11 Å². The molecule has 0 aliphatic carbocycles. The van der Waals surface area contributed by atoms with Gasteiger partial charge in [-0.2, -0.15) is 0 Å². The third-order valence-electron chi connectivity index (χ3n) is 2.65. The van der Waals surface area contributed by atoms with E-state index in [0.29, 0.717) is 25.6 Å². The Bertz CT molecular complexity index is 293. The van der Waals surface area contributed by atoms with Gasteiger partial charge in [0.05, 0.1) is 0 Å². The van der Waals surface area contributed by atoms with E-state index in [1.165, 1.54) is 4.90 Å². The molecule has 0 unspecified atom stereocenters. The first-order valence-electron chi connectivity index (χ1n) is 6.68. The monoisotopic (exact) mass is 273 g/mol. The number of nitrogens with zero attached hydrogens (tertiary/aromatic N) is 3. The highest BCUT2D eigenvalue weighted by Crippen LogP contribution is 2.04. The van der Waals surface area contributed by atoms with Crippen LogP contribution in [0.4, 0.5) is 4.79 Å². The first-order chi connectivity index (χ1) is 8.77. The van der Waals surface area contributed by atoms with E-state index in [-0.39, 0.29) is 12.6 Å². The number of amides is 2. The van der Waals surface area contributed by atoms with Crippen LogP contribution in [0.1, 0.15) is 20.8 Å². The number of likely N-dealkylation sites (N-methyl/N-ethyl adjacent to an activating group) is 2. The molecule has 6 nitrogen and oxygen atoms in total. The van der Waals surface area contributed by atoms with E-state index in [1.54, 1.807) is 11.8 Å². The summed E-state index contributed by atoms with van der Waals surface area (Å²) in [4.78, 5) is 28.2. The molecule has 0 bridgehead atoms. The second-order valence-electron chi connectivity index (χ2n) is 5.33. The molecule has 0 saturated carbocycles. The Labute approximate surface area is 116 Å². The number of hydrogen-bond donors (Lipinski definition) is 1. The van der Waals surface area contributed by atoms with Crippen LogP contribution in [0, 0.1) is 5.92 Å². The predicted molar refractivity (Wildman–Crippen MR) is 75.2 cm³/mol. The lowest BCUT2D eigenvalue weighted by atomic mass is 10.2. The molecular formula is C13H27N3O3. The fraction of sp³-hybridized carbons (Fsp3) is 0.846. The molecule has 0 aliphatic heterocycles. The van der Waals surface area contributed by atoms with E-state index in [0.717, 1.165) is 6.54 Å². The predicted octanol–water partition coefficient (Wildman–Crippen LogP) is 1.03. The topological polar surface area (TPSA) is 64.1 Å². The van der Waals surface area contributed by atoms with Crippen molar-refractivity contribution in [2.24, 2.45) is 5.92 Å². The van der Waals surface area contributed by atoms with Crippen LogP contribution in [0.2, 0.25) is 0 Å². The molecule has 0 rings (SSSR count). The molecule has 0 aromatic carbocycles. The summed E-state index contributed by atoms with van der Waals surface area (Å²) in [6, 6.07) is -0.194. The maximum absolute atomic E-state index is 12.3. The molecule has 6 heteroatoms. The van der Waals surface area contributed by atoms with Crippen molar-refractivity contribution in [2.45, 2.75) is 20.8 Å². The molecule has 0 radical (unpaired) electrons. The average molecular weight is 273 g/mol. The highest BCUT2D eigenvalue weighted by atomic mass is 16.4. The Morgan fingerprint density at radius 3 is 2.05 bits per heavy atom. The van der Waals surface area contributed by atoms with Crippen LogP contribution in [0.25, 0.3) is 0 Å². The zero-order valence-electron chi connectivity index (χ0n) is 12.7. The molecule has 0 fully saturated rings. The van der Waals surface area contributed by atoms with Crippen molar-refractivity contribution in [3.8, 4) is 0 Å². The number of carboxylic acid groups (broad SMARTS) is 1. The van der Waals surface area contributed by atoms with Crippen LogP contribution >= 0.6 is 0 Å². The summed E-state index contributed by atoms with van der Waals surface area (Å²) in [6.45, 7) is 8.06. The van der Waals surface area contributed by atoms with Gasteiger partial charge in [0.2, 0.25) is 0 Å². The van der Waals surface area contributed by atoms with E-state index in [2.05, 4.69) is 0 Å². The fourth-order valence-corrected chi connectivity index (χ4v) is 1.70. The minimum absolute atomic E-state index is 0.194. The van der Waals surface area contributed by atoms with Crippen molar-refractivity contribution in [3.05, 3.63) is 0 Å². The van der Waals surface area contributed by atoms with E-state index in [9.17, 15) is 9.59 Å². The number of aliphatic carboxylic acids is 1. The van der Waals surface area contributed by atoms with Crippen LogP contribution in [0.15, 0.2) is 0 Å². The molecule has 2 amide bonds. The van der Waals surface area contributed by atoms with Gasteiger partial charge in [0.15, 0.2) is 0 Å². The first-order valence-corrected chi connectivity index (χ1v) is 6.68. The van der Waals surface area contributed by atoms with Gasteiger partial charge < -0.3 is 19.8 Å². The number of rotatable bonds is 8. The van der Waals surface area contributed by atoms with E-state index < -0.39 is 5.97 Å². The Morgan fingerprint density at radius 1 is 1.11 bits per heavy atom. The summed E-state index contributed by atoms with van der Waals surface area (Å²) in [7, 11) is 3.90. The highest BCUT2D eigenvalue weighted by Gasteiger charge is 2.22. The average Bonchev–Trinajstić information content (AvgIpc) is 2.29. The summed E-state index contributed by atoms with van der Waals surface area (Å²) in [6.07, 6.45) is 0. The molecule has 0 saturated heterocycles. The van der Waals surface area contributed by atoms with Crippen LogP contribution in [-0.4, -0.2) is 78.6 Å². The van der Waals surface area contributed by atoms with Gasteiger partial charge in [-0.15, -0.1) is 0 Å². The van der Waals surface area contributed by atoms with Crippen molar-refractivity contribution in [1.82, 2.24) is 14.7 Å². The molecule has 0 heterocycles. The van der Waals surface area contributed by atoms with E-state index in [1.807, 2.05) is 32.8 Å². The third kappa shape index (κ3) is 7.66. The lowest BCUT2D eigenvalue weighted by Gasteiger charge is -2.31. The molecule has 0 atom stereocenters. The summed E-state index contributed by atoms with van der Waals surface area (Å²) in [5, 5.41) is 8.83. The van der Waals surface area contributed by atoms with Crippen LogP contribution in [-0.2, 0) is 4.79 Å². The number of urea groups is 1. The minimum Gasteiger partial charge on any atom is -0.480 e. The van der Waals surface area contributed by atoms with Gasteiger partial charge in [0, 0.05) is 26.2 Å². The fourth-order valence-electron chi connectivity index (χ4n) is 1.70. The second kappa shape index (κ2) is 8.74. The molecule has 0 aromatic heterocycles. The molecule has 0 aliphatic rings. The largest absolute Gasteiger partial charge is 0.480 e. The first kappa shape index (κ1) is 17.7. The highest BCUT2D eigenvalue weighted by molar-refractivity contribution is 5.80. The number of hydrogen-bond acceptors (Lipinski definition) is 3. The van der Waals surface area contributed by atoms with Crippen molar-refractivity contribution in [2.75, 3.05) is 46.8 Å². The number of carboxylic acids is 1. The van der Waals surface area contributed by atoms with Crippen LogP contribution in [0.5, 0.6) is 0 Å². The van der Waals surface area contributed by atoms with Crippen molar-refractivity contribution >= 4 is 12.0 Å². The van der Waals surface area contributed by atoms with Gasteiger partial charge in [-0.1, -0.05) is 13.8 Å². The smallest absolute Gasteiger partial charge is 0.323 e. The zero-order chi connectivity index (χ0) is 15.0. The molecule has 0 spiro atoms. The summed E-state index contributed by atoms with van der Waals surface area (Å²) >= 11 is 0. The molecule has 0 aromatic rings. The van der Waals surface area contributed by atoms with Crippen LogP contribution in [0.3, 0.4) is 0 Å². The zero-order valence-corrected chi connectivity index (χ0v) is 12.7. The minimum atomic E-state index is -0.979. The summed E-state index contributed by atoms with van der Waals surface area (Å²) < 4.78 is 0. The molecule has 19 heavy (non-hydrogen) atoms.